The highest BCUT2D eigenvalue weighted by molar-refractivity contribution is 8.06. The number of nitrogens with one attached hydrogen (secondary N) is 1. The molecule has 2 rings (SSSR count). The molecule has 0 amide bonds. The van der Waals surface area contributed by atoms with Crippen molar-refractivity contribution in [3.8, 4) is 0 Å². The van der Waals surface area contributed by atoms with E-state index in [1.165, 1.54) is 29.4 Å². The first-order chi connectivity index (χ1) is 8.55. The molecule has 1 aliphatic heterocycles. The lowest BCUT2D eigenvalue weighted by atomic mass is 10.3. The van der Waals surface area contributed by atoms with Crippen molar-refractivity contribution in [1.82, 2.24) is 0 Å². The Kier molecular flexibility index (Phi) is 4.83. The summed E-state index contributed by atoms with van der Waals surface area (Å²) in [6.07, 6.45) is 0. The molecule has 0 spiro atoms. The highest BCUT2D eigenvalue weighted by Gasteiger charge is 2.14. The van der Waals surface area contributed by atoms with Gasteiger partial charge in [0.15, 0.2) is 0 Å². The minimum atomic E-state index is -3.59. The van der Waals surface area contributed by atoms with E-state index in [1.54, 1.807) is 12.1 Å². The van der Waals surface area contributed by atoms with Crippen LogP contribution in [0.15, 0.2) is 29.2 Å². The zero-order chi connectivity index (χ0) is 13.0. The van der Waals surface area contributed by atoms with Gasteiger partial charge in [-0.15, -0.1) is 0 Å². The average Bonchev–Trinajstić information content (AvgIpc) is 2.37. The number of primary sulfonamides is 1. The normalized spacial score (nSPS) is 20.6. The molecule has 1 fully saturated rings. The molecule has 1 aromatic carbocycles. The first-order valence-corrected chi connectivity index (χ1v) is 9.37. The lowest BCUT2D eigenvalue weighted by Crippen LogP contribution is -2.23. The summed E-state index contributed by atoms with van der Waals surface area (Å²) < 4.78 is 22.2. The molecule has 1 aromatic rings. The summed E-state index contributed by atoms with van der Waals surface area (Å²) in [6.45, 7) is 0.909. The Morgan fingerprint density at radius 2 is 2.00 bits per heavy atom. The van der Waals surface area contributed by atoms with Gasteiger partial charge >= 0.3 is 0 Å². The Balaban J connectivity index is 1.90. The molecule has 0 saturated carbocycles. The van der Waals surface area contributed by atoms with Crippen LogP contribution in [-0.4, -0.2) is 37.5 Å². The number of sulfonamides is 1. The van der Waals surface area contributed by atoms with E-state index in [0.29, 0.717) is 5.25 Å². The molecule has 0 aliphatic carbocycles. The van der Waals surface area contributed by atoms with Gasteiger partial charge in [0.25, 0.3) is 0 Å². The van der Waals surface area contributed by atoms with E-state index in [-0.39, 0.29) is 4.90 Å². The highest BCUT2D eigenvalue weighted by atomic mass is 32.2. The number of benzene rings is 1. The van der Waals surface area contributed by atoms with Gasteiger partial charge in [0.2, 0.25) is 10.0 Å². The number of thioether (sulfide) groups is 2. The number of nitrogens with two attached hydrogens (primary N) is 1. The zero-order valence-electron chi connectivity index (χ0n) is 9.83. The molecule has 1 saturated heterocycles. The van der Waals surface area contributed by atoms with Crippen molar-refractivity contribution in [3.05, 3.63) is 24.3 Å². The van der Waals surface area contributed by atoms with E-state index in [4.69, 9.17) is 5.14 Å². The minimum Gasteiger partial charge on any atom is -0.384 e. The maximum absolute atomic E-state index is 11.1. The molecule has 3 N–H and O–H groups in total. The van der Waals surface area contributed by atoms with Crippen LogP contribution in [0.5, 0.6) is 0 Å². The second-order valence-electron chi connectivity index (χ2n) is 4.02. The molecule has 1 aliphatic rings. The summed E-state index contributed by atoms with van der Waals surface area (Å²) in [4.78, 5) is 0.149. The lowest BCUT2D eigenvalue weighted by Gasteiger charge is -2.21. The lowest BCUT2D eigenvalue weighted by molar-refractivity contribution is 0.598. The van der Waals surface area contributed by atoms with Gasteiger partial charge in [-0.25, -0.2) is 13.6 Å². The van der Waals surface area contributed by atoms with Crippen LogP contribution >= 0.6 is 23.5 Å². The quantitative estimate of drug-likeness (QED) is 0.884. The Hall–Kier alpha value is -0.370. The van der Waals surface area contributed by atoms with Crippen molar-refractivity contribution in [2.75, 3.05) is 29.1 Å². The predicted molar refractivity (Wildman–Crippen MR) is 79.9 cm³/mol. The fourth-order valence-corrected chi connectivity index (χ4v) is 4.78. The van der Waals surface area contributed by atoms with E-state index in [9.17, 15) is 8.42 Å². The fraction of sp³-hybridized carbons (Fsp3) is 0.455. The molecule has 1 heterocycles. The van der Waals surface area contributed by atoms with Crippen LogP contribution in [0.2, 0.25) is 0 Å². The van der Waals surface area contributed by atoms with Crippen LogP contribution in [0.4, 0.5) is 5.69 Å². The standard InChI is InChI=1S/C11H16N2O2S3/c12-18(14,15)11-3-1-9(2-4-11)13-7-10-8-16-5-6-17-10/h1-4,10,13H,5-8H2,(H2,12,14,15). The van der Waals surface area contributed by atoms with Crippen LogP contribution in [0.25, 0.3) is 0 Å². The van der Waals surface area contributed by atoms with E-state index < -0.39 is 10.0 Å². The summed E-state index contributed by atoms with van der Waals surface area (Å²) in [5.74, 6) is 3.62. The maximum Gasteiger partial charge on any atom is 0.238 e. The van der Waals surface area contributed by atoms with Gasteiger partial charge in [-0.3, -0.25) is 0 Å². The molecule has 0 aromatic heterocycles. The molecule has 0 radical (unpaired) electrons. The van der Waals surface area contributed by atoms with Crippen molar-refractivity contribution >= 4 is 39.2 Å². The van der Waals surface area contributed by atoms with Crippen LogP contribution in [0, 0.1) is 0 Å². The Bertz CT molecular complexity index is 482. The molecular weight excluding hydrogens is 288 g/mol. The Morgan fingerprint density at radius 1 is 1.28 bits per heavy atom. The van der Waals surface area contributed by atoms with Crippen molar-refractivity contribution in [2.45, 2.75) is 10.1 Å². The molecule has 1 atom stereocenters. The zero-order valence-corrected chi connectivity index (χ0v) is 12.3. The fourth-order valence-electron chi connectivity index (χ4n) is 1.65. The maximum atomic E-state index is 11.1. The SMILES string of the molecule is NS(=O)(=O)c1ccc(NCC2CSCCS2)cc1. The Labute approximate surface area is 116 Å². The smallest absolute Gasteiger partial charge is 0.238 e. The molecule has 4 nitrogen and oxygen atoms in total. The first-order valence-electron chi connectivity index (χ1n) is 5.62. The number of hydrogen-bond acceptors (Lipinski definition) is 5. The van der Waals surface area contributed by atoms with Gasteiger partial charge in [-0.1, -0.05) is 0 Å². The predicted octanol–water partition coefficient (Wildman–Crippen LogP) is 1.59. The van der Waals surface area contributed by atoms with Gasteiger partial charge in [0, 0.05) is 34.7 Å². The van der Waals surface area contributed by atoms with E-state index >= 15 is 0 Å². The van der Waals surface area contributed by atoms with Crippen LogP contribution in [0.3, 0.4) is 0 Å². The van der Waals surface area contributed by atoms with Gasteiger partial charge in [0.05, 0.1) is 4.90 Å². The average molecular weight is 304 g/mol. The third kappa shape index (κ3) is 4.08. The largest absolute Gasteiger partial charge is 0.384 e. The topological polar surface area (TPSA) is 72.2 Å². The molecule has 1 unspecified atom stereocenters. The van der Waals surface area contributed by atoms with E-state index in [2.05, 4.69) is 5.32 Å². The summed E-state index contributed by atoms with van der Waals surface area (Å²) in [5, 5.41) is 8.99. The molecule has 7 heteroatoms. The van der Waals surface area contributed by atoms with Gasteiger partial charge in [-0.05, 0) is 24.3 Å². The van der Waals surface area contributed by atoms with E-state index in [1.807, 2.05) is 23.5 Å². The number of anilines is 1. The highest BCUT2D eigenvalue weighted by Crippen LogP contribution is 2.24. The Morgan fingerprint density at radius 3 is 2.56 bits per heavy atom. The second-order valence-corrected chi connectivity index (χ2v) is 8.14. The first kappa shape index (κ1) is 14.0. The third-order valence-corrected chi connectivity index (χ3v) is 6.38. The monoisotopic (exact) mass is 304 g/mol. The molecule has 0 bridgehead atoms. The van der Waals surface area contributed by atoms with Crippen LogP contribution in [0.1, 0.15) is 0 Å². The summed E-state index contributed by atoms with van der Waals surface area (Å²) >= 11 is 3.98. The number of hydrogen-bond donors (Lipinski definition) is 2. The van der Waals surface area contributed by atoms with E-state index in [0.717, 1.165) is 12.2 Å². The summed E-state index contributed by atoms with van der Waals surface area (Å²) in [5.41, 5.74) is 0.929. The third-order valence-electron chi connectivity index (χ3n) is 2.60. The summed E-state index contributed by atoms with van der Waals surface area (Å²) in [6, 6.07) is 6.56. The minimum absolute atomic E-state index is 0.149. The molecular formula is C11H16N2O2S3. The van der Waals surface area contributed by atoms with Crippen LogP contribution in [-0.2, 0) is 10.0 Å². The van der Waals surface area contributed by atoms with Gasteiger partial charge < -0.3 is 5.32 Å². The summed E-state index contributed by atoms with van der Waals surface area (Å²) in [7, 11) is -3.59. The van der Waals surface area contributed by atoms with Crippen LogP contribution < -0.4 is 10.5 Å². The number of rotatable bonds is 4. The second kappa shape index (κ2) is 6.18. The van der Waals surface area contributed by atoms with Gasteiger partial charge in [-0.2, -0.15) is 23.5 Å². The van der Waals surface area contributed by atoms with Gasteiger partial charge in [0.1, 0.15) is 0 Å². The van der Waals surface area contributed by atoms with Crippen molar-refractivity contribution < 1.29 is 8.42 Å². The van der Waals surface area contributed by atoms with Crippen molar-refractivity contribution in [2.24, 2.45) is 5.14 Å². The van der Waals surface area contributed by atoms with Crippen molar-refractivity contribution in [1.29, 1.82) is 0 Å². The molecule has 100 valence electrons. The molecule has 18 heavy (non-hydrogen) atoms. The van der Waals surface area contributed by atoms with Crippen molar-refractivity contribution in [3.63, 3.8) is 0 Å².